The van der Waals surface area contributed by atoms with Crippen LogP contribution in [-0.2, 0) is 0 Å². The van der Waals surface area contributed by atoms with Crippen LogP contribution >= 0.6 is 0 Å². The number of nitrogens with one attached hydrogen (secondary N) is 1. The zero-order chi connectivity index (χ0) is 10.7. The van der Waals surface area contributed by atoms with Crippen LogP contribution in [0.15, 0.2) is 0 Å². The summed E-state index contributed by atoms with van der Waals surface area (Å²) in [4.78, 5) is 0. The highest BCUT2D eigenvalue weighted by Crippen LogP contribution is 2.45. The molecule has 1 N–H and O–H groups in total. The fraction of sp³-hybridized carbons (Fsp3) is 1.00. The minimum atomic E-state index is 0.665. The van der Waals surface area contributed by atoms with Gasteiger partial charge >= 0.3 is 0 Å². The fourth-order valence-corrected chi connectivity index (χ4v) is 3.30. The predicted octanol–water partition coefficient (Wildman–Crippen LogP) is 3.74. The Labute approximate surface area is 95.0 Å². The van der Waals surface area contributed by atoms with Gasteiger partial charge < -0.3 is 5.32 Å². The molecule has 0 radical (unpaired) electrons. The van der Waals surface area contributed by atoms with Crippen molar-refractivity contribution in [3.63, 3.8) is 0 Å². The van der Waals surface area contributed by atoms with Crippen LogP contribution in [0.3, 0.4) is 0 Å². The molecule has 0 aliphatic heterocycles. The highest BCUT2D eigenvalue weighted by Gasteiger charge is 2.39. The van der Waals surface area contributed by atoms with Crippen molar-refractivity contribution in [3.05, 3.63) is 0 Å². The molecular weight excluding hydrogens is 182 g/mol. The summed E-state index contributed by atoms with van der Waals surface area (Å²) in [5.74, 6) is 0.927. The zero-order valence-corrected chi connectivity index (χ0v) is 10.5. The molecule has 0 heterocycles. The quantitative estimate of drug-likeness (QED) is 0.703. The second-order valence-electron chi connectivity index (χ2n) is 5.91. The second kappa shape index (κ2) is 4.86. The fourth-order valence-electron chi connectivity index (χ4n) is 3.30. The number of hydrogen-bond donors (Lipinski definition) is 1. The molecule has 0 amide bonds. The van der Waals surface area contributed by atoms with Crippen LogP contribution in [0.5, 0.6) is 0 Å². The van der Waals surface area contributed by atoms with Crippen LogP contribution in [0, 0.1) is 11.3 Å². The molecule has 1 unspecified atom stereocenters. The zero-order valence-electron chi connectivity index (χ0n) is 10.5. The standard InChI is InChI=1S/C14H27N/c1-3-6-12(2)14(9-4-5-10-14)11-15-13-7-8-13/h12-13,15H,3-11H2,1-2H3. The van der Waals surface area contributed by atoms with E-state index >= 15 is 0 Å². The van der Waals surface area contributed by atoms with Gasteiger partial charge in [-0.05, 0) is 37.0 Å². The van der Waals surface area contributed by atoms with Gasteiger partial charge in [0.15, 0.2) is 0 Å². The van der Waals surface area contributed by atoms with E-state index < -0.39 is 0 Å². The lowest BCUT2D eigenvalue weighted by atomic mass is 9.73. The maximum atomic E-state index is 3.78. The van der Waals surface area contributed by atoms with Crippen LogP contribution in [0.25, 0.3) is 0 Å². The third-order valence-electron chi connectivity index (χ3n) is 4.69. The Morgan fingerprint density at radius 1 is 1.27 bits per heavy atom. The van der Waals surface area contributed by atoms with Crippen LogP contribution < -0.4 is 5.32 Å². The van der Waals surface area contributed by atoms with E-state index in [-0.39, 0.29) is 0 Å². The highest BCUT2D eigenvalue weighted by atomic mass is 15.0. The average Bonchev–Trinajstić information content (AvgIpc) is 2.94. The van der Waals surface area contributed by atoms with E-state index in [0.29, 0.717) is 5.41 Å². The smallest absolute Gasteiger partial charge is 0.00684 e. The average molecular weight is 209 g/mol. The molecule has 0 spiro atoms. The van der Waals surface area contributed by atoms with Crippen LogP contribution in [0.2, 0.25) is 0 Å². The molecule has 0 saturated heterocycles. The van der Waals surface area contributed by atoms with Crippen LogP contribution in [0.1, 0.15) is 65.2 Å². The van der Waals surface area contributed by atoms with Crippen molar-refractivity contribution in [1.82, 2.24) is 5.32 Å². The summed E-state index contributed by atoms with van der Waals surface area (Å²) < 4.78 is 0. The van der Waals surface area contributed by atoms with Crippen molar-refractivity contribution in [2.75, 3.05) is 6.54 Å². The molecule has 88 valence electrons. The van der Waals surface area contributed by atoms with E-state index in [2.05, 4.69) is 19.2 Å². The van der Waals surface area contributed by atoms with E-state index in [1.165, 1.54) is 57.9 Å². The largest absolute Gasteiger partial charge is 0.313 e. The summed E-state index contributed by atoms with van der Waals surface area (Å²) in [5.41, 5.74) is 0.665. The minimum Gasteiger partial charge on any atom is -0.313 e. The molecule has 2 rings (SSSR count). The van der Waals surface area contributed by atoms with Crippen molar-refractivity contribution in [2.45, 2.75) is 71.3 Å². The van der Waals surface area contributed by atoms with E-state index in [0.717, 1.165) is 12.0 Å². The molecule has 1 nitrogen and oxygen atoms in total. The van der Waals surface area contributed by atoms with E-state index in [9.17, 15) is 0 Å². The number of hydrogen-bond acceptors (Lipinski definition) is 1. The van der Waals surface area contributed by atoms with Crippen molar-refractivity contribution in [3.8, 4) is 0 Å². The minimum absolute atomic E-state index is 0.665. The SMILES string of the molecule is CCCC(C)C1(CNC2CC2)CCCC1. The van der Waals surface area contributed by atoms with E-state index in [4.69, 9.17) is 0 Å². The Morgan fingerprint density at radius 3 is 2.47 bits per heavy atom. The van der Waals surface area contributed by atoms with Gasteiger partial charge in [0.05, 0.1) is 0 Å². The summed E-state index contributed by atoms with van der Waals surface area (Å²) in [6.45, 7) is 6.12. The van der Waals surface area contributed by atoms with Gasteiger partial charge in [-0.15, -0.1) is 0 Å². The van der Waals surface area contributed by atoms with Gasteiger partial charge in [-0.25, -0.2) is 0 Å². The maximum Gasteiger partial charge on any atom is 0.00684 e. The lowest BCUT2D eigenvalue weighted by Gasteiger charge is -2.36. The predicted molar refractivity (Wildman–Crippen MR) is 66.0 cm³/mol. The third kappa shape index (κ3) is 2.75. The molecule has 2 fully saturated rings. The molecular formula is C14H27N. The molecule has 15 heavy (non-hydrogen) atoms. The molecule has 2 saturated carbocycles. The lowest BCUT2D eigenvalue weighted by molar-refractivity contribution is 0.163. The molecule has 2 aliphatic rings. The van der Waals surface area contributed by atoms with Gasteiger partial charge in [-0.1, -0.05) is 39.5 Å². The van der Waals surface area contributed by atoms with Crippen LogP contribution in [-0.4, -0.2) is 12.6 Å². The van der Waals surface area contributed by atoms with Crippen molar-refractivity contribution >= 4 is 0 Å². The molecule has 0 aromatic carbocycles. The molecule has 2 aliphatic carbocycles. The topological polar surface area (TPSA) is 12.0 Å². The number of rotatable bonds is 6. The highest BCUT2D eigenvalue weighted by molar-refractivity contribution is 4.93. The van der Waals surface area contributed by atoms with Gasteiger partial charge in [0.2, 0.25) is 0 Å². The van der Waals surface area contributed by atoms with Gasteiger partial charge in [0.25, 0.3) is 0 Å². The van der Waals surface area contributed by atoms with Crippen molar-refractivity contribution < 1.29 is 0 Å². The van der Waals surface area contributed by atoms with E-state index in [1.54, 1.807) is 0 Å². The summed E-state index contributed by atoms with van der Waals surface area (Å²) >= 11 is 0. The Kier molecular flexibility index (Phi) is 3.71. The third-order valence-corrected chi connectivity index (χ3v) is 4.69. The lowest BCUT2D eigenvalue weighted by Crippen LogP contribution is -2.38. The Bertz CT molecular complexity index is 190. The van der Waals surface area contributed by atoms with Gasteiger partial charge in [0, 0.05) is 12.6 Å². The molecule has 0 aromatic rings. The Morgan fingerprint density at radius 2 is 1.93 bits per heavy atom. The molecule has 0 bridgehead atoms. The normalized spacial score (nSPS) is 26.8. The van der Waals surface area contributed by atoms with E-state index in [1.807, 2.05) is 0 Å². The summed E-state index contributed by atoms with van der Waals surface area (Å²) in [6, 6.07) is 0.885. The molecule has 0 aromatic heterocycles. The first kappa shape index (κ1) is 11.4. The van der Waals surface area contributed by atoms with Gasteiger partial charge in [-0.3, -0.25) is 0 Å². The van der Waals surface area contributed by atoms with Crippen molar-refractivity contribution in [2.24, 2.45) is 11.3 Å². The molecule has 1 atom stereocenters. The Balaban J connectivity index is 1.88. The van der Waals surface area contributed by atoms with Crippen molar-refractivity contribution in [1.29, 1.82) is 0 Å². The summed E-state index contributed by atoms with van der Waals surface area (Å²) in [6.07, 6.45) is 11.5. The maximum absolute atomic E-state index is 3.78. The Hall–Kier alpha value is -0.0400. The van der Waals surface area contributed by atoms with Gasteiger partial charge in [-0.2, -0.15) is 0 Å². The molecule has 1 heteroatoms. The first-order valence-electron chi connectivity index (χ1n) is 7.00. The van der Waals surface area contributed by atoms with Gasteiger partial charge in [0.1, 0.15) is 0 Å². The summed E-state index contributed by atoms with van der Waals surface area (Å²) in [5, 5.41) is 3.78. The first-order valence-corrected chi connectivity index (χ1v) is 7.00. The monoisotopic (exact) mass is 209 g/mol. The summed E-state index contributed by atoms with van der Waals surface area (Å²) in [7, 11) is 0. The van der Waals surface area contributed by atoms with Crippen LogP contribution in [0.4, 0.5) is 0 Å². The second-order valence-corrected chi connectivity index (χ2v) is 5.91. The first-order chi connectivity index (χ1) is 7.27.